The Morgan fingerprint density at radius 2 is 1.64 bits per heavy atom. The molecule has 7 nitrogen and oxygen atoms in total. The molecule has 1 atom stereocenters. The van der Waals surface area contributed by atoms with Gasteiger partial charge in [0.15, 0.2) is 11.5 Å². The molecule has 3 rings (SSSR count). The van der Waals surface area contributed by atoms with Crippen LogP contribution in [0.4, 0.5) is 10.5 Å². The molecule has 0 aromatic heterocycles. The van der Waals surface area contributed by atoms with Crippen molar-refractivity contribution in [3.63, 3.8) is 0 Å². The van der Waals surface area contributed by atoms with E-state index in [4.69, 9.17) is 32.7 Å². The third-order valence-corrected chi connectivity index (χ3v) is 5.45. The van der Waals surface area contributed by atoms with Crippen molar-refractivity contribution >= 4 is 46.7 Å². The molecule has 1 saturated heterocycles. The Labute approximate surface area is 173 Å². The summed E-state index contributed by atoms with van der Waals surface area (Å²) in [5.74, 6) is -1.09. The lowest BCUT2D eigenvalue weighted by Crippen LogP contribution is -2.35. The molecule has 2 aliphatic rings. The number of nitrogens with zero attached hydrogens (tertiary/aromatic N) is 2. The Morgan fingerprint density at radius 3 is 2.21 bits per heavy atom. The predicted octanol–water partition coefficient (Wildman–Crippen LogP) is 3.75. The van der Waals surface area contributed by atoms with Gasteiger partial charge in [-0.1, -0.05) is 13.8 Å². The van der Waals surface area contributed by atoms with Gasteiger partial charge in [-0.05, 0) is 31.4 Å². The number of amides is 4. The van der Waals surface area contributed by atoms with Gasteiger partial charge in [0, 0.05) is 18.5 Å². The number of benzene rings is 1. The molecule has 4 amide bonds. The van der Waals surface area contributed by atoms with Gasteiger partial charge in [-0.15, -0.1) is 23.2 Å². The van der Waals surface area contributed by atoms with Crippen molar-refractivity contribution in [2.45, 2.75) is 37.4 Å². The molecule has 0 N–H and O–H groups in total. The lowest BCUT2D eigenvalue weighted by molar-refractivity contribution is -0.139. The van der Waals surface area contributed by atoms with Gasteiger partial charge in [0.2, 0.25) is 0 Å². The van der Waals surface area contributed by atoms with Crippen LogP contribution in [0.3, 0.4) is 0 Å². The standard InChI is InChI=1S/C19H22Cl2N2O5/c1-3-7-27-14-6-5-13(9-15(14)28-8-4-2)23-17(25)16(24)22(18(23)26)11-12-10-19(12,20)21/h5-6,9,12H,3-4,7-8,10-11H2,1-2H3. The second-order valence-corrected chi connectivity index (χ2v) is 8.37. The van der Waals surface area contributed by atoms with E-state index in [0.717, 1.165) is 22.6 Å². The van der Waals surface area contributed by atoms with Crippen molar-refractivity contribution in [2.24, 2.45) is 5.92 Å². The minimum absolute atomic E-state index is 0.0177. The number of alkyl halides is 2. The maximum absolute atomic E-state index is 12.7. The third-order valence-electron chi connectivity index (χ3n) is 4.52. The van der Waals surface area contributed by atoms with E-state index in [0.29, 0.717) is 31.1 Å². The van der Waals surface area contributed by atoms with Crippen molar-refractivity contribution in [2.75, 3.05) is 24.7 Å². The van der Waals surface area contributed by atoms with Crippen molar-refractivity contribution in [1.82, 2.24) is 4.90 Å². The summed E-state index contributed by atoms with van der Waals surface area (Å²) in [6.07, 6.45) is 2.08. The van der Waals surface area contributed by atoms with Gasteiger partial charge in [0.25, 0.3) is 0 Å². The Hall–Kier alpha value is -1.99. The maximum atomic E-state index is 12.7. The van der Waals surface area contributed by atoms with Gasteiger partial charge in [-0.2, -0.15) is 0 Å². The second-order valence-electron chi connectivity index (χ2n) is 6.83. The summed E-state index contributed by atoms with van der Waals surface area (Å²) >= 11 is 12.0. The number of anilines is 1. The average Bonchev–Trinajstić information content (AvgIpc) is 3.22. The highest BCUT2D eigenvalue weighted by atomic mass is 35.5. The van der Waals surface area contributed by atoms with Crippen LogP contribution in [-0.2, 0) is 9.59 Å². The number of carbonyl (C=O) groups is 3. The van der Waals surface area contributed by atoms with Gasteiger partial charge in [-0.25, -0.2) is 9.69 Å². The number of carbonyl (C=O) groups excluding carboxylic acids is 3. The number of imide groups is 2. The van der Waals surface area contributed by atoms with Crippen molar-refractivity contribution < 1.29 is 23.9 Å². The van der Waals surface area contributed by atoms with Gasteiger partial charge >= 0.3 is 17.8 Å². The molecule has 2 fully saturated rings. The molecule has 1 heterocycles. The van der Waals surface area contributed by atoms with Gasteiger partial charge < -0.3 is 9.47 Å². The molecular formula is C19H22Cl2N2O5. The highest BCUT2D eigenvalue weighted by molar-refractivity contribution is 6.53. The van der Waals surface area contributed by atoms with Crippen LogP contribution in [0.1, 0.15) is 33.1 Å². The van der Waals surface area contributed by atoms with Crippen LogP contribution in [0.15, 0.2) is 18.2 Å². The third kappa shape index (κ3) is 4.05. The fourth-order valence-electron chi connectivity index (χ4n) is 2.87. The van der Waals surface area contributed by atoms with Crippen LogP contribution in [0.5, 0.6) is 11.5 Å². The van der Waals surface area contributed by atoms with Crippen LogP contribution >= 0.6 is 23.2 Å². The van der Waals surface area contributed by atoms with Crippen LogP contribution in [0.25, 0.3) is 0 Å². The summed E-state index contributed by atoms with van der Waals surface area (Å²) < 4.78 is 10.4. The SMILES string of the molecule is CCCOc1ccc(N2C(=O)C(=O)N(CC3CC3(Cl)Cl)C2=O)cc1OCCC. The Morgan fingerprint density at radius 1 is 1.04 bits per heavy atom. The molecule has 28 heavy (non-hydrogen) atoms. The fraction of sp³-hybridized carbons (Fsp3) is 0.526. The van der Waals surface area contributed by atoms with Gasteiger partial charge in [0.05, 0.1) is 18.9 Å². The normalized spacial score (nSPS) is 20.7. The van der Waals surface area contributed by atoms with Gasteiger partial charge in [0.1, 0.15) is 4.33 Å². The summed E-state index contributed by atoms with van der Waals surface area (Å²) in [6.45, 7) is 4.93. The van der Waals surface area contributed by atoms with Crippen molar-refractivity contribution in [1.29, 1.82) is 0 Å². The molecule has 1 aromatic carbocycles. The first-order valence-corrected chi connectivity index (χ1v) is 10.0. The average molecular weight is 429 g/mol. The highest BCUT2D eigenvalue weighted by Crippen LogP contribution is 2.53. The lowest BCUT2D eigenvalue weighted by atomic mass is 10.2. The van der Waals surface area contributed by atoms with Crippen LogP contribution in [-0.4, -0.2) is 46.8 Å². The fourth-order valence-corrected chi connectivity index (χ4v) is 3.38. The van der Waals surface area contributed by atoms with E-state index in [9.17, 15) is 14.4 Å². The van der Waals surface area contributed by atoms with E-state index in [-0.39, 0.29) is 18.2 Å². The number of hydrogen-bond donors (Lipinski definition) is 0. The molecule has 0 spiro atoms. The molecule has 152 valence electrons. The molecule has 0 radical (unpaired) electrons. The van der Waals surface area contributed by atoms with Crippen molar-refractivity contribution in [3.8, 4) is 11.5 Å². The number of hydrogen-bond acceptors (Lipinski definition) is 5. The van der Waals surface area contributed by atoms with E-state index in [1.807, 2.05) is 13.8 Å². The van der Waals surface area contributed by atoms with E-state index < -0.39 is 22.2 Å². The van der Waals surface area contributed by atoms with Crippen LogP contribution in [0.2, 0.25) is 0 Å². The first-order chi connectivity index (χ1) is 13.3. The summed E-state index contributed by atoms with van der Waals surface area (Å²) in [4.78, 5) is 39.2. The predicted molar refractivity (Wildman–Crippen MR) is 105 cm³/mol. The minimum Gasteiger partial charge on any atom is -0.490 e. The zero-order chi connectivity index (χ0) is 20.5. The number of halogens is 2. The Kier molecular flexibility index (Phi) is 6.05. The summed E-state index contributed by atoms with van der Waals surface area (Å²) in [7, 11) is 0. The Balaban J connectivity index is 1.84. The largest absolute Gasteiger partial charge is 0.490 e. The van der Waals surface area contributed by atoms with E-state index in [1.54, 1.807) is 12.1 Å². The van der Waals surface area contributed by atoms with Crippen LogP contribution in [0, 0.1) is 5.92 Å². The maximum Gasteiger partial charge on any atom is 0.338 e. The summed E-state index contributed by atoms with van der Waals surface area (Å²) in [5.41, 5.74) is 0.250. The number of ether oxygens (including phenoxy) is 2. The first-order valence-electron chi connectivity index (χ1n) is 9.27. The van der Waals surface area contributed by atoms with E-state index in [1.165, 1.54) is 6.07 Å². The molecule has 1 aliphatic heterocycles. The lowest BCUT2D eigenvalue weighted by Gasteiger charge is -2.18. The summed E-state index contributed by atoms with van der Waals surface area (Å²) in [5, 5.41) is 0. The number of urea groups is 1. The molecular weight excluding hydrogens is 407 g/mol. The summed E-state index contributed by atoms with van der Waals surface area (Å²) in [6, 6.07) is 4.01. The molecule has 1 unspecified atom stereocenters. The first kappa shape index (κ1) is 20.7. The zero-order valence-corrected chi connectivity index (χ0v) is 17.3. The smallest absolute Gasteiger partial charge is 0.338 e. The molecule has 1 aliphatic carbocycles. The van der Waals surface area contributed by atoms with E-state index in [2.05, 4.69) is 0 Å². The number of rotatable bonds is 9. The minimum atomic E-state index is -0.948. The zero-order valence-electron chi connectivity index (χ0n) is 15.7. The topological polar surface area (TPSA) is 76.2 Å². The second kappa shape index (κ2) is 8.17. The van der Waals surface area contributed by atoms with Crippen LogP contribution < -0.4 is 14.4 Å². The molecule has 1 saturated carbocycles. The van der Waals surface area contributed by atoms with Crippen molar-refractivity contribution in [3.05, 3.63) is 18.2 Å². The highest BCUT2D eigenvalue weighted by Gasteiger charge is 2.56. The van der Waals surface area contributed by atoms with Gasteiger partial charge in [-0.3, -0.25) is 14.5 Å². The quantitative estimate of drug-likeness (QED) is 0.340. The molecule has 0 bridgehead atoms. The Bertz CT molecular complexity index is 799. The van der Waals surface area contributed by atoms with E-state index >= 15 is 0 Å². The molecule has 1 aromatic rings. The monoisotopic (exact) mass is 428 g/mol. The molecule has 9 heteroatoms.